The highest BCUT2D eigenvalue weighted by molar-refractivity contribution is 6.31. The predicted molar refractivity (Wildman–Crippen MR) is 61.6 cm³/mol. The average Bonchev–Trinajstić information content (AvgIpc) is 2.23. The van der Waals surface area contributed by atoms with Gasteiger partial charge in [-0.05, 0) is 30.5 Å². The lowest BCUT2D eigenvalue weighted by Gasteiger charge is -2.10. The van der Waals surface area contributed by atoms with Gasteiger partial charge in [0, 0.05) is 5.02 Å². The number of hydrogen-bond acceptors (Lipinski definition) is 2. The number of alkyl halides is 1. The van der Waals surface area contributed by atoms with Crippen LogP contribution in [0.2, 0.25) is 5.02 Å². The standard InChI is InChI=1S/C11H12Cl2O2/c1-7-8(4-3-5-9(7)12)6-10(13)11(14)15-2/h3-5,10H,6H2,1-2H3. The molecule has 0 aromatic heterocycles. The summed E-state index contributed by atoms with van der Waals surface area (Å²) in [5.74, 6) is -0.420. The summed E-state index contributed by atoms with van der Waals surface area (Å²) in [6, 6.07) is 5.55. The number of halogens is 2. The van der Waals surface area contributed by atoms with Crippen LogP contribution in [-0.4, -0.2) is 18.5 Å². The van der Waals surface area contributed by atoms with Crippen LogP contribution < -0.4 is 0 Å². The van der Waals surface area contributed by atoms with Gasteiger partial charge in [-0.15, -0.1) is 11.6 Å². The topological polar surface area (TPSA) is 26.3 Å². The number of esters is 1. The number of rotatable bonds is 3. The summed E-state index contributed by atoms with van der Waals surface area (Å²) in [6.45, 7) is 1.90. The molecule has 0 radical (unpaired) electrons. The molecule has 0 aliphatic carbocycles. The van der Waals surface area contributed by atoms with Crippen molar-refractivity contribution in [1.29, 1.82) is 0 Å². The van der Waals surface area contributed by atoms with Gasteiger partial charge in [-0.3, -0.25) is 4.79 Å². The van der Waals surface area contributed by atoms with E-state index in [0.29, 0.717) is 11.4 Å². The highest BCUT2D eigenvalue weighted by Crippen LogP contribution is 2.21. The van der Waals surface area contributed by atoms with Crippen LogP contribution >= 0.6 is 23.2 Å². The van der Waals surface area contributed by atoms with Crippen molar-refractivity contribution in [3.05, 3.63) is 34.3 Å². The van der Waals surface area contributed by atoms with Crippen molar-refractivity contribution in [3.8, 4) is 0 Å². The summed E-state index contributed by atoms with van der Waals surface area (Å²) in [5, 5.41) is 0.0217. The summed E-state index contributed by atoms with van der Waals surface area (Å²) >= 11 is 11.8. The molecule has 0 saturated heterocycles. The first kappa shape index (κ1) is 12.3. The van der Waals surface area contributed by atoms with E-state index in [9.17, 15) is 4.79 Å². The van der Waals surface area contributed by atoms with E-state index in [1.54, 1.807) is 0 Å². The summed E-state index contributed by atoms with van der Waals surface area (Å²) in [5.41, 5.74) is 1.92. The zero-order valence-corrected chi connectivity index (χ0v) is 10.1. The molecular weight excluding hydrogens is 235 g/mol. The number of carbonyl (C=O) groups excluding carboxylic acids is 1. The minimum atomic E-state index is -0.660. The maximum atomic E-state index is 11.1. The van der Waals surface area contributed by atoms with Crippen LogP contribution in [0, 0.1) is 6.92 Å². The van der Waals surface area contributed by atoms with Gasteiger partial charge >= 0.3 is 5.97 Å². The van der Waals surface area contributed by atoms with E-state index >= 15 is 0 Å². The summed E-state index contributed by atoms with van der Waals surface area (Å²) in [4.78, 5) is 11.1. The van der Waals surface area contributed by atoms with Gasteiger partial charge < -0.3 is 4.74 Å². The molecule has 82 valence electrons. The van der Waals surface area contributed by atoms with Crippen LogP contribution in [0.3, 0.4) is 0 Å². The van der Waals surface area contributed by atoms with E-state index in [1.165, 1.54) is 7.11 Å². The maximum Gasteiger partial charge on any atom is 0.324 e. The highest BCUT2D eigenvalue weighted by Gasteiger charge is 2.17. The minimum absolute atomic E-state index is 0.420. The molecule has 1 rings (SSSR count). The van der Waals surface area contributed by atoms with Crippen molar-refractivity contribution in [2.24, 2.45) is 0 Å². The molecule has 15 heavy (non-hydrogen) atoms. The number of hydrogen-bond donors (Lipinski definition) is 0. The van der Waals surface area contributed by atoms with Crippen LogP contribution in [0.4, 0.5) is 0 Å². The highest BCUT2D eigenvalue weighted by atomic mass is 35.5. The van der Waals surface area contributed by atoms with Gasteiger partial charge in [0.2, 0.25) is 0 Å². The summed E-state index contributed by atoms with van der Waals surface area (Å²) in [6.07, 6.45) is 0.431. The van der Waals surface area contributed by atoms with Crippen LogP contribution in [0.1, 0.15) is 11.1 Å². The van der Waals surface area contributed by atoms with E-state index < -0.39 is 11.3 Å². The molecule has 1 aromatic carbocycles. The van der Waals surface area contributed by atoms with E-state index in [4.69, 9.17) is 23.2 Å². The molecule has 1 atom stereocenters. The van der Waals surface area contributed by atoms with Crippen molar-refractivity contribution < 1.29 is 9.53 Å². The second kappa shape index (κ2) is 5.38. The molecule has 0 aliphatic rings. The van der Waals surface area contributed by atoms with Gasteiger partial charge in [0.05, 0.1) is 7.11 Å². The van der Waals surface area contributed by atoms with E-state index in [1.807, 2.05) is 25.1 Å². The third-order valence-electron chi connectivity index (χ3n) is 2.24. The van der Waals surface area contributed by atoms with Crippen LogP contribution in [-0.2, 0) is 16.0 Å². The predicted octanol–water partition coefficient (Wildman–Crippen LogP) is 2.97. The molecule has 4 heteroatoms. The molecule has 0 heterocycles. The number of benzene rings is 1. The molecule has 0 fully saturated rings. The quantitative estimate of drug-likeness (QED) is 0.606. The molecule has 0 aliphatic heterocycles. The van der Waals surface area contributed by atoms with Crippen molar-refractivity contribution in [3.63, 3.8) is 0 Å². The minimum Gasteiger partial charge on any atom is -0.468 e. The van der Waals surface area contributed by atoms with E-state index in [0.717, 1.165) is 11.1 Å². The van der Waals surface area contributed by atoms with E-state index in [-0.39, 0.29) is 0 Å². The largest absolute Gasteiger partial charge is 0.468 e. The fourth-order valence-electron chi connectivity index (χ4n) is 1.28. The lowest BCUT2D eigenvalue weighted by Crippen LogP contribution is -2.19. The molecule has 0 saturated carbocycles. The average molecular weight is 247 g/mol. The van der Waals surface area contributed by atoms with Crippen LogP contribution in [0.5, 0.6) is 0 Å². The van der Waals surface area contributed by atoms with Crippen molar-refractivity contribution in [2.75, 3.05) is 7.11 Å². The Morgan fingerprint density at radius 1 is 1.53 bits per heavy atom. The Labute approximate surface area is 99.1 Å². The monoisotopic (exact) mass is 246 g/mol. The summed E-state index contributed by atoms with van der Waals surface area (Å²) < 4.78 is 4.55. The Morgan fingerprint density at radius 3 is 2.80 bits per heavy atom. The van der Waals surface area contributed by atoms with Crippen LogP contribution in [0.15, 0.2) is 18.2 Å². The normalized spacial score (nSPS) is 12.3. The van der Waals surface area contributed by atoms with Gasteiger partial charge in [0.25, 0.3) is 0 Å². The zero-order valence-electron chi connectivity index (χ0n) is 8.59. The summed E-state index contributed by atoms with van der Waals surface area (Å²) in [7, 11) is 1.32. The molecule has 0 bridgehead atoms. The van der Waals surface area contributed by atoms with Crippen molar-refractivity contribution in [1.82, 2.24) is 0 Å². The Kier molecular flexibility index (Phi) is 4.43. The molecule has 0 spiro atoms. The van der Waals surface area contributed by atoms with Gasteiger partial charge in [0.15, 0.2) is 0 Å². The Balaban J connectivity index is 2.81. The van der Waals surface area contributed by atoms with Gasteiger partial charge in [0.1, 0.15) is 5.38 Å². The van der Waals surface area contributed by atoms with Gasteiger partial charge in [-0.25, -0.2) is 0 Å². The molecule has 1 unspecified atom stereocenters. The molecular formula is C11H12Cl2O2. The number of ether oxygens (including phenoxy) is 1. The maximum absolute atomic E-state index is 11.1. The Hall–Kier alpha value is -0.730. The Morgan fingerprint density at radius 2 is 2.20 bits per heavy atom. The fourth-order valence-corrected chi connectivity index (χ4v) is 1.73. The molecule has 0 N–H and O–H groups in total. The third-order valence-corrected chi connectivity index (χ3v) is 2.98. The van der Waals surface area contributed by atoms with Crippen LogP contribution in [0.25, 0.3) is 0 Å². The van der Waals surface area contributed by atoms with Crippen molar-refractivity contribution in [2.45, 2.75) is 18.7 Å². The number of methoxy groups -OCH3 is 1. The SMILES string of the molecule is COC(=O)C(Cl)Cc1cccc(Cl)c1C. The first-order valence-corrected chi connectivity index (χ1v) is 5.33. The molecule has 2 nitrogen and oxygen atoms in total. The smallest absolute Gasteiger partial charge is 0.324 e. The van der Waals surface area contributed by atoms with E-state index in [2.05, 4.69) is 4.74 Å². The first-order valence-electron chi connectivity index (χ1n) is 4.52. The van der Waals surface area contributed by atoms with Gasteiger partial charge in [-0.2, -0.15) is 0 Å². The third kappa shape index (κ3) is 3.11. The second-order valence-corrected chi connectivity index (χ2v) is 4.15. The second-order valence-electron chi connectivity index (χ2n) is 3.22. The van der Waals surface area contributed by atoms with Crippen molar-refractivity contribution >= 4 is 29.2 Å². The lowest BCUT2D eigenvalue weighted by molar-refractivity contribution is -0.140. The lowest BCUT2D eigenvalue weighted by atomic mass is 10.0. The first-order chi connectivity index (χ1) is 7.06. The molecule has 0 amide bonds. The Bertz CT molecular complexity index is 364. The number of carbonyl (C=O) groups is 1. The van der Waals surface area contributed by atoms with Gasteiger partial charge in [-0.1, -0.05) is 23.7 Å². The fraction of sp³-hybridized carbons (Fsp3) is 0.364. The zero-order chi connectivity index (χ0) is 11.4. The molecule has 1 aromatic rings.